The first kappa shape index (κ1) is 34.5. The number of rotatable bonds is 9. The summed E-state index contributed by atoms with van der Waals surface area (Å²) in [6.07, 6.45) is 7.55. The van der Waals surface area contributed by atoms with Crippen molar-refractivity contribution < 1.29 is 33.4 Å². The van der Waals surface area contributed by atoms with Crippen molar-refractivity contribution in [3.8, 4) is 0 Å². The minimum absolute atomic E-state index is 0.0597. The Balaban J connectivity index is 1.29. The molecular formula is C35H42Cl2N4O7. The molecular weight excluding hydrogens is 659 g/mol. The number of halogens is 2. The van der Waals surface area contributed by atoms with Crippen LogP contribution in [0.4, 0.5) is 0 Å². The highest BCUT2D eigenvalue weighted by molar-refractivity contribution is 6.36. The van der Waals surface area contributed by atoms with Gasteiger partial charge >= 0.3 is 11.9 Å². The molecule has 0 radical (unpaired) electrons. The van der Waals surface area contributed by atoms with Gasteiger partial charge in [-0.1, -0.05) is 29.3 Å². The molecule has 2 aromatic rings. The highest BCUT2D eigenvalue weighted by Crippen LogP contribution is 2.50. The highest BCUT2D eigenvalue weighted by Gasteiger charge is 2.51. The number of oxazole rings is 1. The van der Waals surface area contributed by atoms with Crippen LogP contribution in [-0.4, -0.2) is 89.8 Å². The van der Waals surface area contributed by atoms with Crippen LogP contribution in [0.3, 0.4) is 0 Å². The fourth-order valence-corrected chi connectivity index (χ4v) is 8.83. The Morgan fingerprint density at radius 2 is 1.58 bits per heavy atom. The maximum absolute atomic E-state index is 14.0. The molecule has 1 amide bonds. The number of hydrogen-bond donors (Lipinski definition) is 2. The van der Waals surface area contributed by atoms with Gasteiger partial charge in [-0.25, -0.2) is 14.6 Å². The summed E-state index contributed by atoms with van der Waals surface area (Å²) in [4.78, 5) is 49.6. The fraction of sp³-hybridized carbons (Fsp3) is 0.543. The summed E-state index contributed by atoms with van der Waals surface area (Å²) >= 11 is 13.4. The van der Waals surface area contributed by atoms with Gasteiger partial charge in [0.2, 0.25) is 5.91 Å². The van der Waals surface area contributed by atoms with E-state index in [9.17, 15) is 19.5 Å². The highest BCUT2D eigenvalue weighted by atomic mass is 35.5. The summed E-state index contributed by atoms with van der Waals surface area (Å²) in [5, 5.41) is 14.7. The first-order chi connectivity index (χ1) is 23.0. The molecule has 2 N–H and O–H groups in total. The average Bonchev–Trinajstić information content (AvgIpc) is 3.61. The molecule has 13 heteroatoms. The molecule has 3 atom stereocenters. The van der Waals surface area contributed by atoms with E-state index in [2.05, 4.69) is 15.2 Å². The van der Waals surface area contributed by atoms with Gasteiger partial charge in [0.15, 0.2) is 5.89 Å². The van der Waals surface area contributed by atoms with Crippen molar-refractivity contribution in [2.45, 2.75) is 69.4 Å². The predicted molar refractivity (Wildman–Crippen MR) is 178 cm³/mol. The van der Waals surface area contributed by atoms with Crippen molar-refractivity contribution in [3.05, 3.63) is 74.7 Å². The lowest BCUT2D eigenvalue weighted by molar-refractivity contribution is -0.137. The molecule has 2 aliphatic heterocycles. The van der Waals surface area contributed by atoms with E-state index in [1.54, 1.807) is 18.2 Å². The number of amides is 1. The average molecular weight is 702 g/mol. The largest absolute Gasteiger partial charge is 0.466 e. The van der Waals surface area contributed by atoms with Crippen molar-refractivity contribution in [1.82, 2.24) is 20.1 Å². The number of fused-ring (bicyclic) bond motifs is 2. The molecule has 6 rings (SSSR count). The lowest BCUT2D eigenvalue weighted by atomic mass is 9.73. The Hall–Kier alpha value is -3.38. The molecule has 2 saturated carbocycles. The molecule has 1 aromatic carbocycles. The molecule has 1 aromatic heterocycles. The number of dihydropyridines is 1. The number of aromatic nitrogens is 1. The zero-order chi connectivity index (χ0) is 34.2. The minimum atomic E-state index is -1.08. The van der Waals surface area contributed by atoms with Gasteiger partial charge in [0.05, 0.1) is 49.5 Å². The summed E-state index contributed by atoms with van der Waals surface area (Å²) in [5.41, 5.74) is 0.680. The number of nitrogens with zero attached hydrogens (tertiary/aromatic N) is 3. The molecule has 2 aliphatic carbocycles. The smallest absolute Gasteiger partial charge is 0.336 e. The molecule has 11 nitrogen and oxygen atoms in total. The molecule has 1 saturated heterocycles. The summed E-state index contributed by atoms with van der Waals surface area (Å²) < 4.78 is 15.9. The van der Waals surface area contributed by atoms with Gasteiger partial charge < -0.3 is 29.2 Å². The molecule has 3 fully saturated rings. The summed E-state index contributed by atoms with van der Waals surface area (Å²) in [6, 6.07) is 5.34. The summed E-state index contributed by atoms with van der Waals surface area (Å²) in [5.74, 6) is -1.56. The number of piperazine rings is 1. The van der Waals surface area contributed by atoms with E-state index >= 15 is 0 Å². The van der Waals surface area contributed by atoms with Crippen LogP contribution in [0.1, 0.15) is 62.8 Å². The number of allylic oxidation sites excluding steroid dienone is 1. The maximum Gasteiger partial charge on any atom is 0.336 e. The Labute approximate surface area is 290 Å². The third-order valence-electron chi connectivity index (χ3n) is 10.8. The number of benzene rings is 1. The topological polar surface area (TPSA) is 134 Å². The van der Waals surface area contributed by atoms with E-state index in [-0.39, 0.29) is 39.9 Å². The first-order valence-electron chi connectivity index (χ1n) is 16.5. The van der Waals surface area contributed by atoms with E-state index in [4.69, 9.17) is 37.1 Å². The molecule has 48 heavy (non-hydrogen) atoms. The van der Waals surface area contributed by atoms with Crippen molar-refractivity contribution in [1.29, 1.82) is 0 Å². The number of aryl methyl sites for hydroxylation is 1. The zero-order valence-corrected chi connectivity index (χ0v) is 29.0. The number of carbonyl (C=O) groups is 3. The minimum Gasteiger partial charge on any atom is -0.466 e. The molecule has 0 spiro atoms. The van der Waals surface area contributed by atoms with Gasteiger partial charge in [-0.15, -0.1) is 0 Å². The van der Waals surface area contributed by atoms with Crippen LogP contribution in [0.25, 0.3) is 0 Å². The molecule has 2 bridgehead atoms. The van der Waals surface area contributed by atoms with Gasteiger partial charge in [0.1, 0.15) is 6.26 Å². The Bertz CT molecular complexity index is 1580. The van der Waals surface area contributed by atoms with E-state index in [0.717, 1.165) is 38.8 Å². The van der Waals surface area contributed by atoms with E-state index in [0.29, 0.717) is 60.2 Å². The lowest BCUT2D eigenvalue weighted by Gasteiger charge is -2.46. The van der Waals surface area contributed by atoms with Gasteiger partial charge in [-0.3, -0.25) is 9.69 Å². The summed E-state index contributed by atoms with van der Waals surface area (Å²) in [7, 11) is 2.50. The fourth-order valence-electron chi connectivity index (χ4n) is 8.22. The lowest BCUT2D eigenvalue weighted by Crippen LogP contribution is -2.55. The third-order valence-corrected chi connectivity index (χ3v) is 11.5. The van der Waals surface area contributed by atoms with E-state index in [1.165, 1.54) is 26.7 Å². The van der Waals surface area contributed by atoms with Crippen molar-refractivity contribution in [2.75, 3.05) is 40.4 Å². The van der Waals surface area contributed by atoms with Gasteiger partial charge in [0.25, 0.3) is 0 Å². The number of esters is 2. The van der Waals surface area contributed by atoms with Crippen LogP contribution in [0.5, 0.6) is 0 Å². The Morgan fingerprint density at radius 1 is 0.979 bits per heavy atom. The van der Waals surface area contributed by atoms with Crippen LogP contribution >= 0.6 is 23.2 Å². The van der Waals surface area contributed by atoms with Crippen LogP contribution in [0, 0.1) is 11.8 Å². The van der Waals surface area contributed by atoms with E-state index in [1.807, 2.05) is 11.8 Å². The first-order valence-corrected chi connectivity index (χ1v) is 17.2. The van der Waals surface area contributed by atoms with Gasteiger partial charge in [-0.05, 0) is 63.0 Å². The molecule has 3 heterocycles. The standard InChI is InChI=1S/C35H42Cl2N4O7/c1-35(45)20-7-8-21(35)18-22(17-20)40-12-14-41(15-13-40)28(42)19-26-31(34(44)47-3)32(29-23(36)5-4-6-24(29)37)30(33(43)46-2)25(39-26)9-10-27-38-11-16-48-27/h4-6,11,16,20-22,32,39,45H,7-10,12-15,17-19H2,1-3H3. The molecule has 4 aliphatic rings. The second-order valence-electron chi connectivity index (χ2n) is 13.3. The van der Waals surface area contributed by atoms with Gasteiger partial charge in [-0.2, -0.15) is 0 Å². The SMILES string of the molecule is COC(=O)C1=C(CCc2ncco2)NC(CC(=O)N2CCN(C3CC4CCC(C3)C4(C)O)CC2)=C(C(=O)OC)C1c1c(Cl)cccc1Cl. The predicted octanol–water partition coefficient (Wildman–Crippen LogP) is 4.63. The number of ether oxygens (including phenoxy) is 2. The van der Waals surface area contributed by atoms with Crippen LogP contribution in [0.15, 0.2) is 57.6 Å². The van der Waals surface area contributed by atoms with Crippen LogP contribution < -0.4 is 5.32 Å². The number of aliphatic hydroxyl groups is 1. The second-order valence-corrected chi connectivity index (χ2v) is 14.1. The number of nitrogens with one attached hydrogen (secondary N) is 1. The van der Waals surface area contributed by atoms with Crippen molar-refractivity contribution in [2.24, 2.45) is 11.8 Å². The molecule has 3 unspecified atom stereocenters. The third kappa shape index (κ3) is 6.62. The number of methoxy groups -OCH3 is 2. The zero-order valence-electron chi connectivity index (χ0n) is 27.5. The van der Waals surface area contributed by atoms with Crippen LogP contribution in [0.2, 0.25) is 10.0 Å². The number of hydrogen-bond acceptors (Lipinski definition) is 10. The number of carbonyl (C=O) groups excluding carboxylic acids is 3. The monoisotopic (exact) mass is 700 g/mol. The Kier molecular flexibility index (Phi) is 10.2. The quantitative estimate of drug-likeness (QED) is 0.357. The maximum atomic E-state index is 14.0. The normalized spacial score (nSPS) is 27.6. The van der Waals surface area contributed by atoms with Crippen molar-refractivity contribution in [3.63, 3.8) is 0 Å². The molecule has 258 valence electrons. The second kappa shape index (κ2) is 14.2. The summed E-state index contributed by atoms with van der Waals surface area (Å²) in [6.45, 7) is 4.55. The Morgan fingerprint density at radius 3 is 2.15 bits per heavy atom. The van der Waals surface area contributed by atoms with Gasteiger partial charge in [0, 0.05) is 65.6 Å². The van der Waals surface area contributed by atoms with E-state index < -0.39 is 23.5 Å². The van der Waals surface area contributed by atoms with Crippen LogP contribution in [-0.2, 0) is 30.3 Å². The van der Waals surface area contributed by atoms with Crippen molar-refractivity contribution >= 4 is 41.0 Å².